The van der Waals surface area contributed by atoms with Gasteiger partial charge in [0.05, 0.1) is 0 Å². The molecule has 0 spiro atoms. The molecule has 2 heteroatoms. The van der Waals surface area contributed by atoms with Crippen LogP contribution in [0.3, 0.4) is 0 Å². The van der Waals surface area contributed by atoms with Crippen molar-refractivity contribution >= 4 is 0 Å². The number of hydrogen-bond acceptors (Lipinski definition) is 2. The van der Waals surface area contributed by atoms with Gasteiger partial charge < -0.3 is 5.73 Å². The lowest BCUT2D eigenvalue weighted by atomic mass is 9.83. The molecule has 0 aromatic carbocycles. The predicted molar refractivity (Wildman–Crippen MR) is 57.9 cm³/mol. The third-order valence-corrected chi connectivity index (χ3v) is 3.14. The van der Waals surface area contributed by atoms with Gasteiger partial charge >= 0.3 is 0 Å². The van der Waals surface area contributed by atoms with E-state index < -0.39 is 0 Å². The van der Waals surface area contributed by atoms with Gasteiger partial charge in [-0.15, -0.1) is 0 Å². The molecule has 0 atom stereocenters. The summed E-state index contributed by atoms with van der Waals surface area (Å²) in [5.41, 5.74) is 7.25. The molecule has 14 heavy (non-hydrogen) atoms. The first-order valence-electron chi connectivity index (χ1n) is 5.49. The van der Waals surface area contributed by atoms with Crippen molar-refractivity contribution in [2.24, 2.45) is 11.7 Å². The average Bonchev–Trinajstić information content (AvgIpc) is 2.23. The fourth-order valence-electron chi connectivity index (χ4n) is 2.24. The highest BCUT2D eigenvalue weighted by atomic mass is 14.6. The SMILES string of the molecule is NC1CCC(Cc2cccnc2)CC1. The van der Waals surface area contributed by atoms with Gasteiger partial charge in [-0.1, -0.05) is 6.07 Å². The van der Waals surface area contributed by atoms with E-state index in [2.05, 4.69) is 11.1 Å². The standard InChI is InChI=1S/C12H18N2/c13-12-5-3-10(4-6-12)8-11-2-1-7-14-9-11/h1-2,7,9-10,12H,3-6,8,13H2. The summed E-state index contributed by atoms with van der Waals surface area (Å²) in [6.45, 7) is 0. The van der Waals surface area contributed by atoms with Crippen LogP contribution >= 0.6 is 0 Å². The minimum atomic E-state index is 0.458. The number of rotatable bonds is 2. The Bertz CT molecular complexity index is 263. The summed E-state index contributed by atoms with van der Waals surface area (Å²) in [5, 5.41) is 0. The van der Waals surface area contributed by atoms with Crippen molar-refractivity contribution in [3.8, 4) is 0 Å². The zero-order chi connectivity index (χ0) is 9.80. The molecule has 1 aliphatic rings. The largest absolute Gasteiger partial charge is 0.328 e. The third-order valence-electron chi connectivity index (χ3n) is 3.14. The Morgan fingerprint density at radius 2 is 2.07 bits per heavy atom. The number of nitrogens with zero attached hydrogens (tertiary/aromatic N) is 1. The van der Waals surface area contributed by atoms with Crippen molar-refractivity contribution in [1.82, 2.24) is 4.98 Å². The quantitative estimate of drug-likeness (QED) is 0.776. The average molecular weight is 190 g/mol. The molecule has 1 saturated carbocycles. The number of nitrogens with two attached hydrogens (primary N) is 1. The molecule has 2 nitrogen and oxygen atoms in total. The molecule has 2 rings (SSSR count). The van der Waals surface area contributed by atoms with Gasteiger partial charge in [0.1, 0.15) is 0 Å². The van der Waals surface area contributed by atoms with Crippen molar-refractivity contribution < 1.29 is 0 Å². The monoisotopic (exact) mass is 190 g/mol. The second kappa shape index (κ2) is 4.56. The Kier molecular flexibility index (Phi) is 3.14. The molecule has 0 aliphatic heterocycles. The molecule has 76 valence electrons. The van der Waals surface area contributed by atoms with Gasteiger partial charge in [-0.2, -0.15) is 0 Å². The first-order valence-corrected chi connectivity index (χ1v) is 5.49. The van der Waals surface area contributed by atoms with Crippen LogP contribution in [0.2, 0.25) is 0 Å². The lowest BCUT2D eigenvalue weighted by Crippen LogP contribution is -2.27. The van der Waals surface area contributed by atoms with Crippen LogP contribution in [0, 0.1) is 5.92 Å². The Balaban J connectivity index is 1.87. The smallest absolute Gasteiger partial charge is 0.0299 e. The van der Waals surface area contributed by atoms with Gasteiger partial charge in [-0.3, -0.25) is 4.98 Å². The summed E-state index contributed by atoms with van der Waals surface area (Å²) in [5.74, 6) is 0.832. The minimum Gasteiger partial charge on any atom is -0.328 e. The van der Waals surface area contributed by atoms with Gasteiger partial charge in [0, 0.05) is 18.4 Å². The maximum absolute atomic E-state index is 5.88. The van der Waals surface area contributed by atoms with Crippen molar-refractivity contribution in [1.29, 1.82) is 0 Å². The maximum Gasteiger partial charge on any atom is 0.0299 e. The van der Waals surface area contributed by atoms with Gasteiger partial charge in [-0.25, -0.2) is 0 Å². The van der Waals surface area contributed by atoms with E-state index in [9.17, 15) is 0 Å². The van der Waals surface area contributed by atoms with Crippen molar-refractivity contribution in [2.75, 3.05) is 0 Å². The van der Waals surface area contributed by atoms with E-state index in [-0.39, 0.29) is 0 Å². The number of aromatic nitrogens is 1. The minimum absolute atomic E-state index is 0.458. The molecule has 1 aromatic heterocycles. The maximum atomic E-state index is 5.88. The zero-order valence-corrected chi connectivity index (χ0v) is 8.52. The van der Waals surface area contributed by atoms with E-state index in [0.717, 1.165) is 5.92 Å². The number of hydrogen-bond donors (Lipinski definition) is 1. The summed E-state index contributed by atoms with van der Waals surface area (Å²) in [7, 11) is 0. The van der Waals surface area contributed by atoms with Crippen LogP contribution in [-0.2, 0) is 6.42 Å². The molecule has 0 radical (unpaired) electrons. The topological polar surface area (TPSA) is 38.9 Å². The molecule has 2 N–H and O–H groups in total. The number of pyridine rings is 1. The van der Waals surface area contributed by atoms with E-state index in [4.69, 9.17) is 5.73 Å². The van der Waals surface area contributed by atoms with E-state index in [0.29, 0.717) is 6.04 Å². The van der Waals surface area contributed by atoms with Gasteiger partial charge in [0.25, 0.3) is 0 Å². The summed E-state index contributed by atoms with van der Waals surface area (Å²) in [6.07, 6.45) is 9.97. The van der Waals surface area contributed by atoms with Crippen LogP contribution in [0.4, 0.5) is 0 Å². The molecular formula is C12H18N2. The molecule has 1 fully saturated rings. The molecule has 1 aliphatic carbocycles. The first kappa shape index (κ1) is 9.66. The molecule has 0 unspecified atom stereocenters. The van der Waals surface area contributed by atoms with Crippen molar-refractivity contribution in [3.63, 3.8) is 0 Å². The van der Waals surface area contributed by atoms with E-state index in [1.165, 1.54) is 37.7 Å². The molecule has 1 heterocycles. The van der Waals surface area contributed by atoms with Crippen LogP contribution in [0.15, 0.2) is 24.5 Å². The molecule has 1 aromatic rings. The lowest BCUT2D eigenvalue weighted by Gasteiger charge is -2.25. The van der Waals surface area contributed by atoms with Gasteiger partial charge in [0.15, 0.2) is 0 Å². The van der Waals surface area contributed by atoms with Crippen LogP contribution in [-0.4, -0.2) is 11.0 Å². The Hall–Kier alpha value is -0.890. The van der Waals surface area contributed by atoms with Crippen molar-refractivity contribution in [3.05, 3.63) is 30.1 Å². The van der Waals surface area contributed by atoms with E-state index in [1.807, 2.05) is 18.5 Å². The molecule has 0 bridgehead atoms. The van der Waals surface area contributed by atoms with Gasteiger partial charge in [-0.05, 0) is 49.7 Å². The highest BCUT2D eigenvalue weighted by Gasteiger charge is 2.18. The van der Waals surface area contributed by atoms with Crippen LogP contribution in [0.25, 0.3) is 0 Å². The molecular weight excluding hydrogens is 172 g/mol. The van der Waals surface area contributed by atoms with E-state index >= 15 is 0 Å². The fraction of sp³-hybridized carbons (Fsp3) is 0.583. The molecule has 0 amide bonds. The van der Waals surface area contributed by atoms with Crippen LogP contribution < -0.4 is 5.73 Å². The second-order valence-electron chi connectivity index (χ2n) is 4.35. The Labute approximate surface area is 85.5 Å². The first-order chi connectivity index (χ1) is 6.84. The summed E-state index contributed by atoms with van der Waals surface area (Å²) < 4.78 is 0. The van der Waals surface area contributed by atoms with Crippen molar-refractivity contribution in [2.45, 2.75) is 38.1 Å². The van der Waals surface area contributed by atoms with Gasteiger partial charge in [0.2, 0.25) is 0 Å². The second-order valence-corrected chi connectivity index (χ2v) is 4.35. The zero-order valence-electron chi connectivity index (χ0n) is 8.52. The third kappa shape index (κ3) is 2.55. The fourth-order valence-corrected chi connectivity index (χ4v) is 2.24. The lowest BCUT2D eigenvalue weighted by molar-refractivity contribution is 0.325. The summed E-state index contributed by atoms with van der Waals surface area (Å²) >= 11 is 0. The summed E-state index contributed by atoms with van der Waals surface area (Å²) in [4.78, 5) is 4.14. The Morgan fingerprint density at radius 3 is 2.71 bits per heavy atom. The predicted octanol–water partition coefficient (Wildman–Crippen LogP) is 2.14. The highest BCUT2D eigenvalue weighted by Crippen LogP contribution is 2.25. The van der Waals surface area contributed by atoms with Crippen LogP contribution in [0.1, 0.15) is 31.2 Å². The Morgan fingerprint density at radius 1 is 1.29 bits per heavy atom. The van der Waals surface area contributed by atoms with Crippen LogP contribution in [0.5, 0.6) is 0 Å². The van der Waals surface area contributed by atoms with E-state index in [1.54, 1.807) is 0 Å². The normalized spacial score (nSPS) is 27.5. The highest BCUT2D eigenvalue weighted by molar-refractivity contribution is 5.09. The molecule has 0 saturated heterocycles. The summed E-state index contributed by atoms with van der Waals surface area (Å²) in [6, 6.07) is 4.64.